The Bertz CT molecular complexity index is 2340. The topological polar surface area (TPSA) is 165 Å². The molecule has 4 aliphatic rings. The second kappa shape index (κ2) is 14.9. The first-order valence-electron chi connectivity index (χ1n) is 18.9. The van der Waals surface area contributed by atoms with Gasteiger partial charge in [-0.05, 0) is 42.3 Å². The number of pyridine rings is 2. The number of hydrogen-bond donors (Lipinski definition) is 1. The van der Waals surface area contributed by atoms with Crippen LogP contribution < -0.4 is 30.0 Å². The van der Waals surface area contributed by atoms with Crippen LogP contribution in [0.4, 0.5) is 5.82 Å². The molecule has 298 valence electrons. The number of methoxy groups -OCH3 is 2. The van der Waals surface area contributed by atoms with Crippen molar-refractivity contribution in [3.63, 3.8) is 0 Å². The lowest BCUT2D eigenvalue weighted by Crippen LogP contribution is -2.68. The van der Waals surface area contributed by atoms with Crippen LogP contribution in [0.1, 0.15) is 39.1 Å². The van der Waals surface area contributed by atoms with Gasteiger partial charge in [0.2, 0.25) is 11.8 Å². The van der Waals surface area contributed by atoms with Gasteiger partial charge in [-0.2, -0.15) is 0 Å². The van der Waals surface area contributed by atoms with Crippen LogP contribution in [0.3, 0.4) is 0 Å². The number of aryl methyl sites for hydroxylation is 1. The molecular formula is C41H45N7O9. The summed E-state index contributed by atoms with van der Waals surface area (Å²) in [5.41, 5.74) is 2.36. The van der Waals surface area contributed by atoms with Crippen LogP contribution in [0.25, 0.3) is 21.9 Å². The van der Waals surface area contributed by atoms with Crippen molar-refractivity contribution in [3.05, 3.63) is 75.8 Å². The Morgan fingerprint density at radius 2 is 1.63 bits per heavy atom. The molecule has 0 spiro atoms. The van der Waals surface area contributed by atoms with E-state index in [4.69, 9.17) is 18.9 Å². The first kappa shape index (κ1) is 38.1. The van der Waals surface area contributed by atoms with Crippen molar-refractivity contribution in [1.29, 1.82) is 0 Å². The Balaban J connectivity index is 0.968. The minimum absolute atomic E-state index is 0.0443. The third-order valence-corrected chi connectivity index (χ3v) is 11.5. The molecule has 4 aromatic rings. The van der Waals surface area contributed by atoms with Crippen molar-refractivity contribution in [2.24, 2.45) is 7.05 Å². The number of rotatable bonds is 11. The Kier molecular flexibility index (Phi) is 9.96. The van der Waals surface area contributed by atoms with Crippen molar-refractivity contribution in [2.75, 3.05) is 79.2 Å². The second-order valence-electron chi connectivity index (χ2n) is 15.2. The van der Waals surface area contributed by atoms with Gasteiger partial charge in [-0.15, -0.1) is 0 Å². The summed E-state index contributed by atoms with van der Waals surface area (Å²) in [6.45, 7) is 4.67. The van der Waals surface area contributed by atoms with Crippen LogP contribution in [0.5, 0.6) is 17.2 Å². The standard InChI is InChI=1S/C41H45N7O9/c1-44(2)34-17-26-27(18-42-34)38(51)45(3)19-28(26)24-15-32(54-4)29(33(16-24)55-5)20-46-11-13-47(14-12-46)41(21-56-22-41)23-57-31-8-6-7-25-36(31)40(53)48(39(25)52)30-9-10-35(49)43-37(30)50/h6-8,15-19,30H,9-14,20-23H2,1-5H3,(H,43,49,50). The zero-order valence-electron chi connectivity index (χ0n) is 32.6. The van der Waals surface area contributed by atoms with Crippen molar-refractivity contribution in [1.82, 2.24) is 29.6 Å². The summed E-state index contributed by atoms with van der Waals surface area (Å²) in [5.74, 6) is 0.0892. The van der Waals surface area contributed by atoms with Crippen molar-refractivity contribution in [2.45, 2.75) is 31.0 Å². The SMILES string of the molecule is COc1cc(-c2cn(C)c(=O)c3cnc(N(C)C)cc23)cc(OC)c1CN1CCN(C2(COc3cccc4c3C(=O)N(C3CCC(=O)NC3=O)C4=O)COC2)CC1. The number of hydrogen-bond acceptors (Lipinski definition) is 13. The average molecular weight is 780 g/mol. The van der Waals surface area contributed by atoms with Gasteiger partial charge in [-0.1, -0.05) is 6.07 Å². The highest BCUT2D eigenvalue weighted by Gasteiger charge is 2.48. The van der Waals surface area contributed by atoms with E-state index in [1.165, 1.54) is 0 Å². The molecule has 2 aromatic heterocycles. The Morgan fingerprint density at radius 3 is 2.26 bits per heavy atom. The van der Waals surface area contributed by atoms with E-state index in [2.05, 4.69) is 20.1 Å². The molecule has 0 saturated carbocycles. The molecule has 3 saturated heterocycles. The lowest BCUT2D eigenvalue weighted by atomic mass is 9.94. The number of benzene rings is 2. The van der Waals surface area contributed by atoms with E-state index in [1.807, 2.05) is 43.4 Å². The van der Waals surface area contributed by atoms with E-state index in [0.717, 1.165) is 59.0 Å². The summed E-state index contributed by atoms with van der Waals surface area (Å²) in [5, 5.41) is 3.54. The van der Waals surface area contributed by atoms with E-state index in [0.29, 0.717) is 36.6 Å². The van der Waals surface area contributed by atoms with Gasteiger partial charge in [0.1, 0.15) is 41.3 Å². The van der Waals surface area contributed by atoms with Gasteiger partial charge in [-0.25, -0.2) is 4.98 Å². The fourth-order valence-electron chi connectivity index (χ4n) is 8.23. The molecule has 0 aliphatic carbocycles. The zero-order valence-corrected chi connectivity index (χ0v) is 32.6. The molecular weight excluding hydrogens is 734 g/mol. The molecule has 0 bridgehead atoms. The van der Waals surface area contributed by atoms with Gasteiger partial charge in [0, 0.05) is 83.6 Å². The number of imide groups is 2. The minimum Gasteiger partial charge on any atom is -0.496 e. The predicted octanol–water partition coefficient (Wildman–Crippen LogP) is 2.05. The number of carbonyl (C=O) groups is 4. The summed E-state index contributed by atoms with van der Waals surface area (Å²) in [7, 11) is 8.84. The predicted molar refractivity (Wildman–Crippen MR) is 209 cm³/mol. The number of amides is 4. The number of piperidine rings is 1. The molecule has 4 aliphatic heterocycles. The molecule has 57 heavy (non-hydrogen) atoms. The van der Waals surface area contributed by atoms with Crippen LogP contribution in [0, 0.1) is 0 Å². The van der Waals surface area contributed by atoms with Gasteiger partial charge in [0.15, 0.2) is 0 Å². The van der Waals surface area contributed by atoms with Crippen LogP contribution in [-0.2, 0) is 27.9 Å². The Hall–Kier alpha value is -5.84. The molecule has 4 amide bonds. The second-order valence-corrected chi connectivity index (χ2v) is 15.2. The largest absolute Gasteiger partial charge is 0.496 e. The highest BCUT2D eigenvalue weighted by Crippen LogP contribution is 2.39. The fourth-order valence-corrected chi connectivity index (χ4v) is 8.23. The maximum Gasteiger partial charge on any atom is 0.266 e. The van der Waals surface area contributed by atoms with Gasteiger partial charge in [0.05, 0.1) is 49.5 Å². The average Bonchev–Trinajstić information content (AvgIpc) is 3.45. The number of nitrogens with zero attached hydrogens (tertiary/aromatic N) is 6. The van der Waals surface area contributed by atoms with E-state index >= 15 is 0 Å². The van der Waals surface area contributed by atoms with Crippen LogP contribution in [0.2, 0.25) is 0 Å². The van der Waals surface area contributed by atoms with E-state index in [9.17, 15) is 24.0 Å². The van der Waals surface area contributed by atoms with E-state index < -0.39 is 35.2 Å². The lowest BCUT2D eigenvalue weighted by Gasteiger charge is -2.51. The fraction of sp³-hybridized carbons (Fsp3) is 0.415. The van der Waals surface area contributed by atoms with Crippen LogP contribution in [0.15, 0.2) is 53.6 Å². The minimum atomic E-state index is -1.06. The first-order valence-corrected chi connectivity index (χ1v) is 18.9. The summed E-state index contributed by atoms with van der Waals surface area (Å²) < 4.78 is 25.6. The Morgan fingerprint density at radius 1 is 0.912 bits per heavy atom. The summed E-state index contributed by atoms with van der Waals surface area (Å²) in [6, 6.07) is 9.72. The third-order valence-electron chi connectivity index (χ3n) is 11.5. The zero-order chi connectivity index (χ0) is 40.2. The van der Waals surface area contributed by atoms with Crippen molar-refractivity contribution in [3.8, 4) is 28.4 Å². The monoisotopic (exact) mass is 779 g/mol. The molecule has 0 radical (unpaired) electrons. The van der Waals surface area contributed by atoms with Crippen molar-refractivity contribution >= 4 is 40.2 Å². The lowest BCUT2D eigenvalue weighted by molar-refractivity contribution is -0.164. The highest BCUT2D eigenvalue weighted by atomic mass is 16.5. The van der Waals surface area contributed by atoms with Gasteiger partial charge in [-0.3, -0.25) is 44.0 Å². The molecule has 16 heteroatoms. The van der Waals surface area contributed by atoms with Gasteiger partial charge >= 0.3 is 0 Å². The Labute approximate surface area is 328 Å². The number of ether oxygens (including phenoxy) is 4. The summed E-state index contributed by atoms with van der Waals surface area (Å²) in [4.78, 5) is 76.4. The van der Waals surface area contributed by atoms with Gasteiger partial charge in [0.25, 0.3) is 17.4 Å². The van der Waals surface area contributed by atoms with Crippen LogP contribution in [-0.4, -0.2) is 134 Å². The molecule has 8 rings (SSSR count). The molecule has 6 heterocycles. The molecule has 2 aromatic carbocycles. The van der Waals surface area contributed by atoms with Gasteiger partial charge < -0.3 is 28.4 Å². The normalized spacial score (nSPS) is 19.7. The molecule has 1 N–H and O–H groups in total. The highest BCUT2D eigenvalue weighted by molar-refractivity contribution is 6.24. The number of aromatic nitrogens is 2. The number of fused-ring (bicyclic) bond motifs is 2. The van der Waals surface area contributed by atoms with Crippen molar-refractivity contribution < 1.29 is 38.1 Å². The van der Waals surface area contributed by atoms with Crippen LogP contribution >= 0.6 is 0 Å². The molecule has 3 fully saturated rings. The number of piperazine rings is 1. The summed E-state index contributed by atoms with van der Waals surface area (Å²) in [6.07, 6.45) is 3.58. The quantitative estimate of drug-likeness (QED) is 0.220. The third kappa shape index (κ3) is 6.66. The number of carbonyl (C=O) groups excluding carboxylic acids is 4. The first-order chi connectivity index (χ1) is 27.4. The number of anilines is 1. The molecule has 1 atom stereocenters. The maximum atomic E-state index is 13.6. The van der Waals surface area contributed by atoms with E-state index in [1.54, 1.807) is 50.2 Å². The molecule has 1 unspecified atom stereocenters. The number of nitrogens with one attached hydrogen (secondary N) is 1. The maximum absolute atomic E-state index is 13.6. The molecule has 16 nitrogen and oxygen atoms in total. The van der Waals surface area contributed by atoms with E-state index in [-0.39, 0.29) is 41.9 Å². The summed E-state index contributed by atoms with van der Waals surface area (Å²) >= 11 is 0. The smallest absolute Gasteiger partial charge is 0.266 e.